The number of carbonyl (C=O) groups excluding carboxylic acids is 1. The third-order valence-electron chi connectivity index (χ3n) is 2.73. The van der Waals surface area contributed by atoms with Gasteiger partial charge in [-0.05, 0) is 30.5 Å². The Balaban J connectivity index is 2.35. The van der Waals surface area contributed by atoms with Crippen LogP contribution in [0.4, 0.5) is 0 Å². The molecule has 0 saturated carbocycles. The number of amides is 1. The summed E-state index contributed by atoms with van der Waals surface area (Å²) >= 11 is 0. The van der Waals surface area contributed by atoms with E-state index in [0.29, 0.717) is 6.42 Å². The molecule has 0 radical (unpaired) electrons. The zero-order valence-corrected chi connectivity index (χ0v) is 9.16. The second-order valence-corrected chi connectivity index (χ2v) is 4.08. The number of aryl methyl sites for hydroxylation is 1. The maximum atomic E-state index is 10.9. The van der Waals surface area contributed by atoms with Crippen LogP contribution in [0.15, 0.2) is 24.4 Å². The van der Waals surface area contributed by atoms with Gasteiger partial charge in [0, 0.05) is 17.1 Å². The van der Waals surface area contributed by atoms with Gasteiger partial charge in [0.2, 0.25) is 5.91 Å². The molecular weight excluding hydrogens is 202 g/mol. The van der Waals surface area contributed by atoms with Crippen molar-refractivity contribution in [2.24, 2.45) is 11.5 Å². The van der Waals surface area contributed by atoms with E-state index in [0.717, 1.165) is 16.5 Å². The Morgan fingerprint density at radius 3 is 2.94 bits per heavy atom. The summed E-state index contributed by atoms with van der Waals surface area (Å²) in [5, 5.41) is 1.10. The number of hydrogen-bond donors (Lipinski definition) is 3. The number of rotatable bonds is 3. The van der Waals surface area contributed by atoms with Crippen molar-refractivity contribution in [1.82, 2.24) is 4.98 Å². The molecule has 84 valence electrons. The van der Waals surface area contributed by atoms with Gasteiger partial charge in [-0.15, -0.1) is 0 Å². The van der Waals surface area contributed by atoms with Crippen LogP contribution in [0.5, 0.6) is 0 Å². The molecule has 4 nitrogen and oxygen atoms in total. The third-order valence-corrected chi connectivity index (χ3v) is 2.73. The molecule has 0 aliphatic heterocycles. The van der Waals surface area contributed by atoms with Crippen molar-refractivity contribution in [1.29, 1.82) is 0 Å². The highest BCUT2D eigenvalue weighted by atomic mass is 16.1. The maximum Gasteiger partial charge on any atom is 0.234 e. The Kier molecular flexibility index (Phi) is 2.66. The summed E-state index contributed by atoms with van der Waals surface area (Å²) in [5.41, 5.74) is 14.1. The molecule has 1 aromatic heterocycles. The molecule has 4 heteroatoms. The largest absolute Gasteiger partial charge is 0.368 e. The van der Waals surface area contributed by atoms with Gasteiger partial charge in [0.25, 0.3) is 0 Å². The van der Waals surface area contributed by atoms with E-state index in [1.807, 2.05) is 25.3 Å². The fraction of sp³-hybridized carbons (Fsp3) is 0.250. The van der Waals surface area contributed by atoms with E-state index in [2.05, 4.69) is 11.1 Å². The predicted molar refractivity (Wildman–Crippen MR) is 63.9 cm³/mol. The van der Waals surface area contributed by atoms with Gasteiger partial charge >= 0.3 is 0 Å². The molecule has 0 bridgehead atoms. The number of benzene rings is 1. The molecular formula is C12H15N3O. The lowest BCUT2D eigenvalue weighted by Crippen LogP contribution is -2.38. The third kappa shape index (κ3) is 1.92. The molecule has 0 saturated heterocycles. The molecule has 1 aromatic carbocycles. The van der Waals surface area contributed by atoms with E-state index in [-0.39, 0.29) is 0 Å². The molecule has 2 rings (SSSR count). The maximum absolute atomic E-state index is 10.9. The number of nitrogens with one attached hydrogen (secondary N) is 1. The highest BCUT2D eigenvalue weighted by Crippen LogP contribution is 2.20. The smallest absolute Gasteiger partial charge is 0.234 e. The molecule has 0 unspecified atom stereocenters. The van der Waals surface area contributed by atoms with Crippen LogP contribution in [0.25, 0.3) is 10.9 Å². The Bertz CT molecular complexity index is 530. The average molecular weight is 217 g/mol. The van der Waals surface area contributed by atoms with Crippen molar-refractivity contribution in [3.05, 3.63) is 35.5 Å². The van der Waals surface area contributed by atoms with Crippen LogP contribution >= 0.6 is 0 Å². The first-order valence-corrected chi connectivity index (χ1v) is 5.19. The van der Waals surface area contributed by atoms with Crippen molar-refractivity contribution in [2.75, 3.05) is 0 Å². The lowest BCUT2D eigenvalue weighted by molar-refractivity contribution is -0.119. The summed E-state index contributed by atoms with van der Waals surface area (Å²) in [6, 6.07) is 5.51. The van der Waals surface area contributed by atoms with Crippen molar-refractivity contribution in [3.8, 4) is 0 Å². The SMILES string of the molecule is Cc1ccc2c(C[C@H](N)C(N)=O)c[nH]c2c1. The zero-order chi connectivity index (χ0) is 11.7. The van der Waals surface area contributed by atoms with E-state index >= 15 is 0 Å². The fourth-order valence-corrected chi connectivity index (χ4v) is 1.81. The monoisotopic (exact) mass is 217 g/mol. The molecule has 16 heavy (non-hydrogen) atoms. The minimum atomic E-state index is -0.625. The number of nitrogens with two attached hydrogens (primary N) is 2. The number of fused-ring (bicyclic) bond motifs is 1. The van der Waals surface area contributed by atoms with E-state index in [4.69, 9.17) is 11.5 Å². The topological polar surface area (TPSA) is 84.9 Å². The van der Waals surface area contributed by atoms with Gasteiger partial charge in [-0.3, -0.25) is 4.79 Å². The quantitative estimate of drug-likeness (QED) is 0.711. The van der Waals surface area contributed by atoms with E-state index in [1.165, 1.54) is 5.56 Å². The van der Waals surface area contributed by atoms with E-state index in [9.17, 15) is 4.79 Å². The van der Waals surface area contributed by atoms with Crippen molar-refractivity contribution in [3.63, 3.8) is 0 Å². The summed E-state index contributed by atoms with van der Waals surface area (Å²) in [6.07, 6.45) is 2.35. The number of primary amides is 1. The van der Waals surface area contributed by atoms with Crippen LogP contribution in [-0.4, -0.2) is 16.9 Å². The minimum absolute atomic E-state index is 0.471. The van der Waals surface area contributed by atoms with Crippen molar-refractivity contribution >= 4 is 16.8 Å². The first-order valence-electron chi connectivity index (χ1n) is 5.19. The van der Waals surface area contributed by atoms with Crippen LogP contribution < -0.4 is 11.5 Å². The summed E-state index contributed by atoms with van der Waals surface area (Å²) in [5.74, 6) is -0.471. The second-order valence-electron chi connectivity index (χ2n) is 4.08. The number of H-pyrrole nitrogens is 1. The van der Waals surface area contributed by atoms with Crippen LogP contribution in [0.1, 0.15) is 11.1 Å². The molecule has 1 amide bonds. The minimum Gasteiger partial charge on any atom is -0.368 e. The average Bonchev–Trinajstić information content (AvgIpc) is 2.60. The number of hydrogen-bond acceptors (Lipinski definition) is 2. The first-order chi connectivity index (χ1) is 7.58. The second kappa shape index (κ2) is 3.98. The Hall–Kier alpha value is -1.81. The molecule has 1 heterocycles. The summed E-state index contributed by atoms with van der Waals surface area (Å²) < 4.78 is 0. The van der Waals surface area contributed by atoms with Crippen LogP contribution in [0, 0.1) is 6.92 Å². The normalized spacial score (nSPS) is 12.9. The molecule has 0 aliphatic rings. The van der Waals surface area contributed by atoms with Crippen molar-refractivity contribution < 1.29 is 4.79 Å². The Morgan fingerprint density at radius 2 is 2.25 bits per heavy atom. The van der Waals surface area contributed by atoms with Gasteiger partial charge in [0.05, 0.1) is 6.04 Å². The summed E-state index contributed by atoms with van der Waals surface area (Å²) in [6.45, 7) is 2.04. The zero-order valence-electron chi connectivity index (χ0n) is 9.16. The lowest BCUT2D eigenvalue weighted by Gasteiger charge is -2.05. The molecule has 0 fully saturated rings. The standard InChI is InChI=1S/C12H15N3O/c1-7-2-3-9-8(5-10(13)12(14)16)6-15-11(9)4-7/h2-4,6,10,15H,5,13H2,1H3,(H2,14,16)/t10-/m0/s1. The molecule has 0 aliphatic carbocycles. The van der Waals surface area contributed by atoms with Crippen LogP contribution in [-0.2, 0) is 11.2 Å². The number of aromatic amines is 1. The fourth-order valence-electron chi connectivity index (χ4n) is 1.81. The predicted octanol–water partition coefficient (Wildman–Crippen LogP) is 0.831. The molecule has 0 spiro atoms. The highest BCUT2D eigenvalue weighted by molar-refractivity contribution is 5.85. The molecule has 2 aromatic rings. The summed E-state index contributed by atoms with van der Waals surface area (Å²) in [4.78, 5) is 14.1. The van der Waals surface area contributed by atoms with Gasteiger partial charge in [-0.2, -0.15) is 0 Å². The van der Waals surface area contributed by atoms with E-state index < -0.39 is 11.9 Å². The van der Waals surface area contributed by atoms with Gasteiger partial charge in [-0.1, -0.05) is 12.1 Å². The molecule has 5 N–H and O–H groups in total. The molecule has 1 atom stereocenters. The summed E-state index contributed by atoms with van der Waals surface area (Å²) in [7, 11) is 0. The number of carbonyl (C=O) groups is 1. The van der Waals surface area contributed by atoms with Crippen LogP contribution in [0.3, 0.4) is 0 Å². The van der Waals surface area contributed by atoms with Gasteiger partial charge in [0.15, 0.2) is 0 Å². The Labute approximate surface area is 93.6 Å². The highest BCUT2D eigenvalue weighted by Gasteiger charge is 2.12. The van der Waals surface area contributed by atoms with E-state index in [1.54, 1.807) is 0 Å². The lowest BCUT2D eigenvalue weighted by atomic mass is 10.0. The van der Waals surface area contributed by atoms with Gasteiger partial charge in [0.1, 0.15) is 0 Å². The van der Waals surface area contributed by atoms with Crippen molar-refractivity contribution in [2.45, 2.75) is 19.4 Å². The van der Waals surface area contributed by atoms with Crippen LogP contribution in [0.2, 0.25) is 0 Å². The van der Waals surface area contributed by atoms with Gasteiger partial charge < -0.3 is 16.5 Å². The Morgan fingerprint density at radius 1 is 1.50 bits per heavy atom. The first kappa shape index (κ1) is 10.7. The van der Waals surface area contributed by atoms with Gasteiger partial charge in [-0.25, -0.2) is 0 Å². The number of aromatic nitrogens is 1.